The van der Waals surface area contributed by atoms with E-state index in [1.807, 2.05) is 0 Å². The average molecular weight is 982 g/mol. The first kappa shape index (κ1) is 49.1. The van der Waals surface area contributed by atoms with Gasteiger partial charge in [-0.2, -0.15) is 0 Å². The second-order valence-corrected chi connectivity index (χ2v) is 27.1. The first-order valence-corrected chi connectivity index (χ1v) is 27.8. The van der Waals surface area contributed by atoms with Crippen LogP contribution in [0.15, 0.2) is 170 Å². The minimum atomic E-state index is -0.141. The number of nitrogens with zero attached hydrogens (tertiary/aromatic N) is 3. The van der Waals surface area contributed by atoms with Gasteiger partial charge in [0.1, 0.15) is 0 Å². The Balaban J connectivity index is 1.26. The van der Waals surface area contributed by atoms with Gasteiger partial charge in [0.2, 0.25) is 0 Å². The summed E-state index contributed by atoms with van der Waals surface area (Å²) >= 11 is 0. The Kier molecular flexibility index (Phi) is 11.0. The maximum atomic E-state index is 2.79. The summed E-state index contributed by atoms with van der Waals surface area (Å²) < 4.78 is 0. The van der Waals surface area contributed by atoms with Crippen molar-refractivity contribution in [3.05, 3.63) is 198 Å². The lowest BCUT2D eigenvalue weighted by atomic mass is 9.33. The third-order valence-electron chi connectivity index (χ3n) is 18.2. The molecule has 2 unspecified atom stereocenters. The monoisotopic (exact) mass is 982 g/mol. The minimum Gasteiger partial charge on any atom is -0.334 e. The van der Waals surface area contributed by atoms with Gasteiger partial charge >= 0.3 is 0 Å². The summed E-state index contributed by atoms with van der Waals surface area (Å²) in [6, 6.07) is 66.5. The third kappa shape index (κ3) is 7.66. The first-order valence-electron chi connectivity index (χ1n) is 27.8. The first-order chi connectivity index (χ1) is 35.5. The largest absolute Gasteiger partial charge is 0.334 e. The van der Waals surface area contributed by atoms with Gasteiger partial charge in [0.15, 0.2) is 0 Å². The second-order valence-electron chi connectivity index (χ2n) is 27.1. The molecule has 0 aromatic heterocycles. The molecule has 0 bridgehead atoms. The van der Waals surface area contributed by atoms with Gasteiger partial charge in [0.05, 0.1) is 16.9 Å². The van der Waals surface area contributed by atoms with Crippen molar-refractivity contribution in [2.75, 3.05) is 14.7 Å². The fraction of sp³-hybridized carbons (Fsp3) is 0.324. The quantitative estimate of drug-likeness (QED) is 0.159. The topological polar surface area (TPSA) is 9.72 Å². The van der Waals surface area contributed by atoms with E-state index in [0.29, 0.717) is 0 Å². The molecular formula is C71H76BN3. The maximum absolute atomic E-state index is 2.79. The standard InChI is InChI=1S/C71H76BN3/c1-66(2,3)48-32-36-58(53(40-48)46-24-17-15-18-25-46)73-61-42-50(68(7,8)9)30-34-56(61)72-57-35-31-51(69(10,11)12)43-62(57)74(59-37-33-49(67(4,5)6)41-54(59)47-26-19-16-20-27-47)64-45-52(44-63(73)65(64)72)75-60-29-22-21-28-55(60)70(13)38-23-39-71(70,75)14/h15-22,24-37,40-45H,23,38-39H2,1-14H3. The predicted molar refractivity (Wildman–Crippen MR) is 324 cm³/mol. The van der Waals surface area contributed by atoms with Gasteiger partial charge in [-0.05, 0) is 151 Å². The highest BCUT2D eigenvalue weighted by Gasteiger charge is 2.60. The van der Waals surface area contributed by atoms with Crippen molar-refractivity contribution in [2.24, 2.45) is 0 Å². The van der Waals surface area contributed by atoms with Crippen molar-refractivity contribution in [3.8, 4) is 22.3 Å². The SMILES string of the molecule is CC(C)(C)c1ccc(N2c3cc(C(C)(C)C)ccc3B3c4ccc(C(C)(C)C)cc4N(c4ccc(C(C)(C)C)cc4-c4ccccc4)c4cc(N5c6ccccc6C6(C)CCCC56C)cc2c43)c(-c2ccccc2)c1. The number of rotatable bonds is 5. The number of hydrogen-bond acceptors (Lipinski definition) is 3. The van der Waals surface area contributed by atoms with Crippen molar-refractivity contribution in [1.29, 1.82) is 0 Å². The van der Waals surface area contributed by atoms with Gasteiger partial charge < -0.3 is 14.7 Å². The summed E-state index contributed by atoms with van der Waals surface area (Å²) in [6.45, 7) is 33.3. The van der Waals surface area contributed by atoms with Gasteiger partial charge in [-0.1, -0.05) is 212 Å². The van der Waals surface area contributed by atoms with Gasteiger partial charge in [-0.15, -0.1) is 0 Å². The van der Waals surface area contributed by atoms with Crippen LogP contribution in [-0.4, -0.2) is 12.3 Å². The van der Waals surface area contributed by atoms with Gasteiger partial charge in [-0.3, -0.25) is 0 Å². The van der Waals surface area contributed by atoms with Crippen LogP contribution in [0.4, 0.5) is 45.5 Å². The lowest BCUT2D eigenvalue weighted by molar-refractivity contribution is 0.330. The Morgan fingerprint density at radius 1 is 0.387 bits per heavy atom. The molecule has 1 saturated carbocycles. The van der Waals surface area contributed by atoms with Crippen molar-refractivity contribution in [1.82, 2.24) is 0 Å². The molecule has 1 fully saturated rings. The molecule has 4 aliphatic rings. The van der Waals surface area contributed by atoms with Gasteiger partial charge in [-0.25, -0.2) is 0 Å². The lowest BCUT2D eigenvalue weighted by Crippen LogP contribution is -2.61. The molecule has 2 atom stereocenters. The Morgan fingerprint density at radius 3 is 1.25 bits per heavy atom. The zero-order chi connectivity index (χ0) is 52.8. The Bertz CT molecular complexity index is 3370. The second kappa shape index (κ2) is 16.9. The van der Waals surface area contributed by atoms with Crippen molar-refractivity contribution in [3.63, 3.8) is 0 Å². The summed E-state index contributed by atoms with van der Waals surface area (Å²) in [5.41, 5.74) is 25.2. The van der Waals surface area contributed by atoms with E-state index in [-0.39, 0.29) is 39.3 Å². The van der Waals surface area contributed by atoms with Crippen LogP contribution >= 0.6 is 0 Å². The zero-order valence-electron chi connectivity index (χ0n) is 47.2. The molecule has 378 valence electrons. The lowest BCUT2D eigenvalue weighted by Gasteiger charge is -2.47. The van der Waals surface area contributed by atoms with E-state index in [9.17, 15) is 0 Å². The molecule has 0 saturated heterocycles. The van der Waals surface area contributed by atoms with E-state index in [1.54, 1.807) is 0 Å². The molecule has 0 amide bonds. The molecule has 8 aromatic carbocycles. The molecule has 4 heteroatoms. The molecule has 75 heavy (non-hydrogen) atoms. The van der Waals surface area contributed by atoms with E-state index in [1.165, 1.54) is 125 Å². The van der Waals surface area contributed by atoms with Crippen LogP contribution in [0.5, 0.6) is 0 Å². The van der Waals surface area contributed by atoms with Gasteiger partial charge in [0, 0.05) is 50.7 Å². The van der Waals surface area contributed by atoms with E-state index in [0.717, 1.165) is 6.42 Å². The molecule has 0 N–H and O–H groups in total. The van der Waals surface area contributed by atoms with Crippen LogP contribution in [0.25, 0.3) is 22.3 Å². The van der Waals surface area contributed by atoms with Crippen LogP contribution in [0.2, 0.25) is 0 Å². The maximum Gasteiger partial charge on any atom is 0.252 e. The molecule has 8 aromatic rings. The van der Waals surface area contributed by atoms with E-state index in [2.05, 4.69) is 281 Å². The number of benzene rings is 8. The van der Waals surface area contributed by atoms with Crippen LogP contribution < -0.4 is 31.1 Å². The van der Waals surface area contributed by atoms with Crippen LogP contribution in [0.3, 0.4) is 0 Å². The fourth-order valence-electron chi connectivity index (χ4n) is 13.6. The Hall–Kier alpha value is -6.78. The third-order valence-corrected chi connectivity index (χ3v) is 18.2. The molecule has 0 spiro atoms. The molecule has 3 nitrogen and oxygen atoms in total. The van der Waals surface area contributed by atoms with Crippen molar-refractivity contribution < 1.29 is 0 Å². The highest BCUT2D eigenvalue weighted by Crippen LogP contribution is 2.63. The summed E-state index contributed by atoms with van der Waals surface area (Å²) in [6.07, 6.45) is 3.49. The summed E-state index contributed by atoms with van der Waals surface area (Å²) in [5, 5.41) is 0. The van der Waals surface area contributed by atoms with Crippen molar-refractivity contribution in [2.45, 2.75) is 149 Å². The molecular weight excluding hydrogens is 906 g/mol. The number of fused-ring (bicyclic) bond motifs is 7. The molecule has 0 radical (unpaired) electrons. The Labute approximate surface area is 449 Å². The summed E-state index contributed by atoms with van der Waals surface area (Å²) in [7, 11) is 0. The van der Waals surface area contributed by atoms with Crippen molar-refractivity contribution >= 4 is 68.6 Å². The van der Waals surface area contributed by atoms with E-state index >= 15 is 0 Å². The number of hydrogen-bond donors (Lipinski definition) is 0. The average Bonchev–Trinajstić information content (AvgIpc) is 3.87. The van der Waals surface area contributed by atoms with Crippen LogP contribution in [-0.2, 0) is 27.1 Å². The molecule has 3 heterocycles. The molecule has 12 rings (SSSR count). The molecule has 3 aliphatic heterocycles. The highest BCUT2D eigenvalue weighted by molar-refractivity contribution is 7.00. The fourth-order valence-corrected chi connectivity index (χ4v) is 13.6. The van der Waals surface area contributed by atoms with Gasteiger partial charge in [0.25, 0.3) is 6.71 Å². The molecule has 1 aliphatic carbocycles. The number of para-hydroxylation sites is 1. The van der Waals surface area contributed by atoms with E-state index < -0.39 is 0 Å². The summed E-state index contributed by atoms with van der Waals surface area (Å²) in [4.78, 5) is 8.19. The minimum absolute atomic E-state index is 0.00636. The normalized spacial score (nSPS) is 18.9. The Morgan fingerprint density at radius 2 is 0.800 bits per heavy atom. The smallest absolute Gasteiger partial charge is 0.252 e. The van der Waals surface area contributed by atoms with E-state index in [4.69, 9.17) is 0 Å². The summed E-state index contributed by atoms with van der Waals surface area (Å²) in [5.74, 6) is 0. The van der Waals surface area contributed by atoms with Crippen LogP contribution in [0, 0.1) is 0 Å². The van der Waals surface area contributed by atoms with Crippen LogP contribution in [0.1, 0.15) is 144 Å². The highest BCUT2D eigenvalue weighted by atomic mass is 15.3. The number of anilines is 8. The zero-order valence-corrected chi connectivity index (χ0v) is 47.2. The predicted octanol–water partition coefficient (Wildman–Crippen LogP) is 17.6.